The lowest BCUT2D eigenvalue weighted by molar-refractivity contribution is -0.139. The van der Waals surface area contributed by atoms with Crippen LogP contribution in [0, 0.1) is 24.1 Å². The Balaban J connectivity index is 1.55. The van der Waals surface area contributed by atoms with E-state index in [1.54, 1.807) is 55.3 Å². The number of fused-ring (bicyclic) bond motifs is 1. The van der Waals surface area contributed by atoms with Gasteiger partial charge in [0.05, 0.1) is 48.0 Å². The number of hydrogen-bond donors (Lipinski definition) is 2. The van der Waals surface area contributed by atoms with Crippen LogP contribution in [0.2, 0.25) is 5.02 Å². The van der Waals surface area contributed by atoms with Gasteiger partial charge in [-0.1, -0.05) is 36.6 Å². The van der Waals surface area contributed by atoms with Crippen LogP contribution in [0.1, 0.15) is 70.3 Å². The molecule has 3 heterocycles. The third-order valence-corrected chi connectivity index (χ3v) is 8.80. The zero-order valence-electron chi connectivity index (χ0n) is 24.2. The molecule has 1 aliphatic heterocycles. The van der Waals surface area contributed by atoms with Crippen LogP contribution in [-0.2, 0) is 29.7 Å². The van der Waals surface area contributed by atoms with Gasteiger partial charge in [-0.2, -0.15) is 0 Å². The molecule has 1 unspecified atom stereocenters. The van der Waals surface area contributed by atoms with E-state index in [-0.39, 0.29) is 48.0 Å². The summed E-state index contributed by atoms with van der Waals surface area (Å²) in [5.41, 5.74) is -1.90. The van der Waals surface area contributed by atoms with Crippen molar-refractivity contribution in [1.29, 1.82) is 0 Å². The van der Waals surface area contributed by atoms with E-state index in [2.05, 4.69) is 20.9 Å². The lowest BCUT2D eigenvalue weighted by Gasteiger charge is -2.42. The molecule has 2 N–H and O–H groups in total. The van der Waals surface area contributed by atoms with Crippen molar-refractivity contribution in [3.63, 3.8) is 0 Å². The summed E-state index contributed by atoms with van der Waals surface area (Å²) in [6, 6.07) is 9.45. The first kappa shape index (κ1) is 29.9. The molecule has 2 aromatic heterocycles. The second-order valence-electron chi connectivity index (χ2n) is 11.4. The average Bonchev–Trinajstić information content (AvgIpc) is 3.55. The van der Waals surface area contributed by atoms with Crippen molar-refractivity contribution in [3.05, 3.63) is 111 Å². The van der Waals surface area contributed by atoms with Crippen molar-refractivity contribution >= 4 is 17.5 Å². The Morgan fingerprint density at radius 2 is 1.91 bits per heavy atom. The topological polar surface area (TPSA) is 114 Å². The number of hydrogen-bond acceptors (Lipinski definition) is 7. The molecule has 1 fully saturated rings. The van der Waals surface area contributed by atoms with Gasteiger partial charge in [-0.3, -0.25) is 9.69 Å². The number of aliphatic hydroxyl groups is 2. The molecular weight excluding hydrogens is 585 g/mol. The molecule has 0 radical (unpaired) electrons. The third-order valence-electron chi connectivity index (χ3n) is 8.55. The number of aliphatic hydroxyl groups excluding tert-OH is 1. The number of aromatic nitrogens is 4. The molecule has 4 aromatic rings. The van der Waals surface area contributed by atoms with E-state index >= 15 is 4.39 Å². The lowest BCUT2D eigenvalue weighted by Crippen LogP contribution is -2.48. The summed E-state index contributed by atoms with van der Waals surface area (Å²) >= 11 is 6.25. The fourth-order valence-electron chi connectivity index (χ4n) is 6.06. The molecule has 9 nitrogen and oxygen atoms in total. The molecular formula is C33H31ClFN5O4. The number of rotatable bonds is 9. The van der Waals surface area contributed by atoms with Crippen LogP contribution < -0.4 is 0 Å². The minimum atomic E-state index is -1.73. The first-order valence-electron chi connectivity index (χ1n) is 14.3. The van der Waals surface area contributed by atoms with Crippen LogP contribution in [0.15, 0.2) is 61.3 Å². The van der Waals surface area contributed by atoms with E-state index in [1.165, 1.54) is 29.4 Å². The molecule has 1 saturated carbocycles. The normalized spacial score (nSPS) is 22.3. The fraction of sp³-hybridized carbons (Fsp3) is 0.333. The van der Waals surface area contributed by atoms with Gasteiger partial charge in [-0.25, -0.2) is 19.3 Å². The van der Waals surface area contributed by atoms with Crippen molar-refractivity contribution in [1.82, 2.24) is 24.4 Å². The number of imidazole rings is 1. The van der Waals surface area contributed by atoms with Crippen LogP contribution in [0.5, 0.6) is 0 Å². The second-order valence-corrected chi connectivity index (χ2v) is 11.8. The molecule has 2 atom stereocenters. The SMILES string of the molecule is C#Cc1cnc(CN2C(=O)c3cc(C(O)(CC)c4cn(C)cn4)cc(F)c3[C@]2(OCC2CC(O)C2)c2ccc(Cl)cc2)nc1. The van der Waals surface area contributed by atoms with E-state index in [9.17, 15) is 15.0 Å². The Morgan fingerprint density at radius 1 is 1.20 bits per heavy atom. The number of terminal acetylenes is 1. The maximum absolute atomic E-state index is 16.8. The van der Waals surface area contributed by atoms with Crippen LogP contribution in [-0.4, -0.2) is 53.3 Å². The largest absolute Gasteiger partial charge is 0.393 e. The van der Waals surface area contributed by atoms with Gasteiger partial charge in [0.15, 0.2) is 5.72 Å². The third kappa shape index (κ3) is 4.96. The number of nitrogens with zero attached hydrogens (tertiary/aromatic N) is 5. The molecule has 0 spiro atoms. The number of aryl methyl sites for hydroxylation is 1. The summed E-state index contributed by atoms with van der Waals surface area (Å²) in [5, 5.41) is 22.2. The van der Waals surface area contributed by atoms with Crippen molar-refractivity contribution in [2.24, 2.45) is 13.0 Å². The number of halogens is 2. The molecule has 1 aliphatic carbocycles. The number of amides is 1. The Bertz CT molecular complexity index is 1750. The first-order chi connectivity index (χ1) is 21.1. The van der Waals surface area contributed by atoms with E-state index < -0.39 is 29.2 Å². The van der Waals surface area contributed by atoms with Gasteiger partial charge in [0.1, 0.15) is 17.2 Å². The maximum Gasteiger partial charge on any atom is 0.257 e. The van der Waals surface area contributed by atoms with Gasteiger partial charge in [-0.15, -0.1) is 6.42 Å². The van der Waals surface area contributed by atoms with Crippen LogP contribution >= 0.6 is 11.6 Å². The maximum atomic E-state index is 16.8. The van der Waals surface area contributed by atoms with Gasteiger partial charge in [0.25, 0.3) is 5.91 Å². The zero-order chi connectivity index (χ0) is 31.2. The molecule has 0 saturated heterocycles. The highest BCUT2D eigenvalue weighted by molar-refractivity contribution is 6.30. The monoisotopic (exact) mass is 615 g/mol. The van der Waals surface area contributed by atoms with E-state index in [4.69, 9.17) is 22.8 Å². The zero-order valence-corrected chi connectivity index (χ0v) is 25.0. The highest BCUT2D eigenvalue weighted by atomic mass is 35.5. The predicted molar refractivity (Wildman–Crippen MR) is 160 cm³/mol. The number of carbonyl (C=O) groups is 1. The molecule has 44 heavy (non-hydrogen) atoms. The quantitative estimate of drug-likeness (QED) is 0.270. The van der Waals surface area contributed by atoms with E-state index in [1.807, 2.05) is 0 Å². The summed E-state index contributed by atoms with van der Waals surface area (Å²) in [6.45, 7) is 1.77. The molecule has 1 amide bonds. The van der Waals surface area contributed by atoms with Gasteiger partial charge < -0.3 is 19.5 Å². The standard InChI is InChI=1S/C33H31ClFN5O4/c1-4-20-14-36-29(37-15-20)17-40-31(42)26-12-23(32(43,5-2)28-16-39(3)19-38-28)13-27(35)30(26)33(40,22-6-8-24(34)9-7-22)44-18-21-10-25(41)11-21/h1,6-9,12-16,19,21,25,41,43H,5,10-11,17-18H2,2-3H3/t21?,25?,32?,33-/m1/s1. The number of carbonyl (C=O) groups excluding carboxylic acids is 1. The smallest absolute Gasteiger partial charge is 0.257 e. The van der Waals surface area contributed by atoms with Crippen LogP contribution in [0.4, 0.5) is 4.39 Å². The number of benzene rings is 2. The molecule has 226 valence electrons. The Kier molecular flexibility index (Phi) is 7.76. The molecule has 2 aromatic carbocycles. The Hall–Kier alpha value is -4.14. The first-order valence-corrected chi connectivity index (χ1v) is 14.7. The minimum Gasteiger partial charge on any atom is -0.393 e. The van der Waals surface area contributed by atoms with Gasteiger partial charge >= 0.3 is 0 Å². The van der Waals surface area contributed by atoms with Crippen molar-refractivity contribution < 1.29 is 24.1 Å². The Labute approximate surface area is 259 Å². The van der Waals surface area contributed by atoms with Gasteiger partial charge in [0, 0.05) is 36.2 Å². The van der Waals surface area contributed by atoms with Crippen molar-refractivity contribution in [2.45, 2.75) is 50.2 Å². The summed E-state index contributed by atoms with van der Waals surface area (Å²) in [5.74, 6) is 1.49. The second kappa shape index (κ2) is 11.4. The summed E-state index contributed by atoms with van der Waals surface area (Å²) in [4.78, 5) is 28.9. The lowest BCUT2D eigenvalue weighted by atomic mass is 9.82. The van der Waals surface area contributed by atoms with E-state index in [0.717, 1.165) is 0 Å². The van der Waals surface area contributed by atoms with Crippen LogP contribution in [0.25, 0.3) is 0 Å². The van der Waals surface area contributed by atoms with Crippen molar-refractivity contribution in [2.75, 3.05) is 6.61 Å². The van der Waals surface area contributed by atoms with Gasteiger partial charge in [0.2, 0.25) is 0 Å². The minimum absolute atomic E-state index is 0.00756. The average molecular weight is 616 g/mol. The van der Waals surface area contributed by atoms with Gasteiger partial charge in [-0.05, 0) is 55.0 Å². The van der Waals surface area contributed by atoms with Crippen molar-refractivity contribution in [3.8, 4) is 12.3 Å². The molecule has 0 bridgehead atoms. The summed E-state index contributed by atoms with van der Waals surface area (Å²) < 4.78 is 25.1. The Morgan fingerprint density at radius 3 is 2.50 bits per heavy atom. The van der Waals surface area contributed by atoms with E-state index in [0.29, 0.717) is 34.7 Å². The molecule has 2 aliphatic rings. The molecule has 6 rings (SSSR count). The molecule has 11 heteroatoms. The predicted octanol–water partition coefficient (Wildman–Crippen LogP) is 4.27. The summed E-state index contributed by atoms with van der Waals surface area (Å²) in [7, 11) is 1.77. The summed E-state index contributed by atoms with van der Waals surface area (Å²) in [6.07, 6.45) is 12.5. The van der Waals surface area contributed by atoms with Crippen LogP contribution in [0.3, 0.4) is 0 Å². The highest BCUT2D eigenvalue weighted by Gasteiger charge is 2.55. The highest BCUT2D eigenvalue weighted by Crippen LogP contribution is 2.49. The fourth-order valence-corrected chi connectivity index (χ4v) is 6.19. The number of ether oxygens (including phenoxy) is 1.